The van der Waals surface area contributed by atoms with Crippen molar-refractivity contribution >= 4 is 5.91 Å². The van der Waals surface area contributed by atoms with Crippen LogP contribution in [0.1, 0.15) is 41.6 Å². The van der Waals surface area contributed by atoms with Gasteiger partial charge < -0.3 is 10.0 Å². The molecule has 4 heteroatoms. The molecule has 1 aliphatic carbocycles. The number of hydrogen-bond donors (Lipinski definition) is 1. The molecule has 0 unspecified atom stereocenters. The lowest BCUT2D eigenvalue weighted by Gasteiger charge is -2.29. The number of hydrogen-bond acceptors (Lipinski definition) is 2. The lowest BCUT2D eigenvalue weighted by molar-refractivity contribution is 0.0681. The lowest BCUT2D eigenvalue weighted by atomic mass is 10.1. The average Bonchev–Trinajstić information content (AvgIpc) is 3.11. The van der Waals surface area contributed by atoms with E-state index in [1.165, 1.54) is 12.1 Å². The molecule has 0 saturated heterocycles. The van der Waals surface area contributed by atoms with Gasteiger partial charge >= 0.3 is 0 Å². The highest BCUT2D eigenvalue weighted by Gasteiger charge is 2.28. The Morgan fingerprint density at radius 2 is 1.75 bits per heavy atom. The maximum atomic E-state index is 13.0. The molecule has 0 aliphatic heterocycles. The molecular formula is C20H22FNO2. The number of rotatable bonds is 5. The second kappa shape index (κ2) is 7.47. The molecule has 0 bridgehead atoms. The molecule has 0 spiro atoms. The fraction of sp³-hybridized carbons (Fsp3) is 0.350. The molecule has 1 saturated carbocycles. The highest BCUT2D eigenvalue weighted by molar-refractivity contribution is 5.97. The van der Waals surface area contributed by atoms with Crippen LogP contribution < -0.4 is 0 Å². The third-order valence-electron chi connectivity index (χ3n) is 4.72. The summed E-state index contributed by atoms with van der Waals surface area (Å²) in [4.78, 5) is 14.8. The zero-order valence-electron chi connectivity index (χ0n) is 13.6. The second-order valence-corrected chi connectivity index (χ2v) is 6.33. The molecule has 0 atom stereocenters. The third-order valence-corrected chi connectivity index (χ3v) is 4.72. The van der Waals surface area contributed by atoms with Crippen molar-refractivity contribution < 1.29 is 14.3 Å². The van der Waals surface area contributed by atoms with Crippen molar-refractivity contribution in [2.24, 2.45) is 0 Å². The SMILES string of the molecule is O=C(c1ccccc1O)N(CCc1ccc(F)cc1)C1CCCC1. The number of phenolic OH excluding ortho intramolecular Hbond substituents is 1. The van der Waals surface area contributed by atoms with E-state index in [0.717, 1.165) is 31.2 Å². The van der Waals surface area contributed by atoms with Gasteiger partial charge in [-0.25, -0.2) is 4.39 Å². The smallest absolute Gasteiger partial charge is 0.257 e. The summed E-state index contributed by atoms with van der Waals surface area (Å²) < 4.78 is 13.0. The summed E-state index contributed by atoms with van der Waals surface area (Å²) in [5.74, 6) is -0.355. The van der Waals surface area contributed by atoms with Crippen molar-refractivity contribution in [1.29, 1.82) is 0 Å². The van der Waals surface area contributed by atoms with E-state index >= 15 is 0 Å². The number of amides is 1. The molecule has 126 valence electrons. The lowest BCUT2D eigenvalue weighted by Crippen LogP contribution is -2.40. The van der Waals surface area contributed by atoms with Crippen molar-refractivity contribution in [1.82, 2.24) is 4.90 Å². The van der Waals surface area contributed by atoms with Crippen molar-refractivity contribution in [3.63, 3.8) is 0 Å². The molecule has 3 nitrogen and oxygen atoms in total. The fourth-order valence-electron chi connectivity index (χ4n) is 3.38. The molecule has 1 amide bonds. The molecule has 1 fully saturated rings. The van der Waals surface area contributed by atoms with Crippen LogP contribution in [0.15, 0.2) is 48.5 Å². The van der Waals surface area contributed by atoms with Crippen molar-refractivity contribution in [2.45, 2.75) is 38.1 Å². The number of halogens is 1. The minimum atomic E-state index is -0.253. The highest BCUT2D eigenvalue weighted by Crippen LogP contribution is 2.27. The average molecular weight is 327 g/mol. The van der Waals surface area contributed by atoms with Crippen molar-refractivity contribution in [3.05, 3.63) is 65.5 Å². The Bertz CT molecular complexity index is 693. The maximum Gasteiger partial charge on any atom is 0.257 e. The quantitative estimate of drug-likeness (QED) is 0.896. The van der Waals surface area contributed by atoms with E-state index < -0.39 is 0 Å². The number of nitrogens with zero attached hydrogens (tertiary/aromatic N) is 1. The largest absolute Gasteiger partial charge is 0.507 e. The van der Waals surface area contributed by atoms with Gasteiger partial charge in [-0.2, -0.15) is 0 Å². The van der Waals surface area contributed by atoms with Gasteiger partial charge in [0.1, 0.15) is 11.6 Å². The Balaban J connectivity index is 1.77. The second-order valence-electron chi connectivity index (χ2n) is 6.33. The zero-order valence-corrected chi connectivity index (χ0v) is 13.6. The van der Waals surface area contributed by atoms with Gasteiger partial charge in [0, 0.05) is 12.6 Å². The molecule has 0 radical (unpaired) electrons. The minimum Gasteiger partial charge on any atom is -0.507 e. The van der Waals surface area contributed by atoms with Crippen LogP contribution in [0, 0.1) is 5.82 Å². The molecule has 3 rings (SSSR count). The summed E-state index contributed by atoms with van der Waals surface area (Å²) in [5, 5.41) is 10.00. The third kappa shape index (κ3) is 3.75. The number of carbonyl (C=O) groups excluding carboxylic acids is 1. The highest BCUT2D eigenvalue weighted by atomic mass is 19.1. The zero-order chi connectivity index (χ0) is 16.9. The van der Waals surface area contributed by atoms with Gasteiger partial charge in [0.15, 0.2) is 0 Å². The Labute approximate surface area is 141 Å². The van der Waals surface area contributed by atoms with Crippen LogP contribution in [0.5, 0.6) is 5.75 Å². The Morgan fingerprint density at radius 3 is 2.42 bits per heavy atom. The number of benzene rings is 2. The topological polar surface area (TPSA) is 40.5 Å². The Morgan fingerprint density at radius 1 is 1.08 bits per heavy atom. The summed E-state index contributed by atoms with van der Waals surface area (Å²) in [7, 11) is 0. The fourth-order valence-corrected chi connectivity index (χ4v) is 3.38. The standard InChI is InChI=1S/C20H22FNO2/c21-16-11-9-15(10-12-16)13-14-22(17-5-1-2-6-17)20(24)18-7-3-4-8-19(18)23/h3-4,7-12,17,23H,1-2,5-6,13-14H2. The van der Waals surface area contributed by atoms with Gasteiger partial charge in [-0.3, -0.25) is 4.79 Å². The molecule has 0 aromatic heterocycles. The summed E-state index contributed by atoms with van der Waals surface area (Å²) in [6.45, 7) is 0.573. The van der Waals surface area contributed by atoms with Gasteiger partial charge in [0.25, 0.3) is 5.91 Å². The van der Waals surface area contributed by atoms with E-state index in [9.17, 15) is 14.3 Å². The summed E-state index contributed by atoms with van der Waals surface area (Å²) in [5.41, 5.74) is 1.35. The van der Waals surface area contributed by atoms with E-state index in [-0.39, 0.29) is 23.5 Å². The number of carbonyl (C=O) groups is 1. The van der Waals surface area contributed by atoms with Crippen LogP contribution >= 0.6 is 0 Å². The summed E-state index contributed by atoms with van der Waals surface area (Å²) in [6.07, 6.45) is 4.94. The van der Waals surface area contributed by atoms with E-state index in [0.29, 0.717) is 18.5 Å². The molecule has 2 aromatic carbocycles. The van der Waals surface area contributed by atoms with Crippen LogP contribution in [0.25, 0.3) is 0 Å². The van der Waals surface area contributed by atoms with Crippen molar-refractivity contribution in [2.75, 3.05) is 6.54 Å². The number of para-hydroxylation sites is 1. The van der Waals surface area contributed by atoms with Gasteiger partial charge in [0.2, 0.25) is 0 Å². The number of aromatic hydroxyl groups is 1. The van der Waals surface area contributed by atoms with Crippen LogP contribution in [0.2, 0.25) is 0 Å². The van der Waals surface area contributed by atoms with E-state index in [1.54, 1.807) is 36.4 Å². The van der Waals surface area contributed by atoms with E-state index in [1.807, 2.05) is 4.90 Å². The molecule has 1 aliphatic rings. The van der Waals surface area contributed by atoms with Gasteiger partial charge in [-0.15, -0.1) is 0 Å². The van der Waals surface area contributed by atoms with Crippen LogP contribution in [-0.4, -0.2) is 28.5 Å². The predicted molar refractivity (Wildman–Crippen MR) is 91.5 cm³/mol. The predicted octanol–water partition coefficient (Wildman–Crippen LogP) is 4.16. The first-order valence-corrected chi connectivity index (χ1v) is 8.48. The molecular weight excluding hydrogens is 305 g/mol. The first kappa shape index (κ1) is 16.5. The van der Waals surface area contributed by atoms with Crippen LogP contribution in [-0.2, 0) is 6.42 Å². The number of phenols is 1. The molecule has 0 heterocycles. The van der Waals surface area contributed by atoms with Crippen LogP contribution in [0.3, 0.4) is 0 Å². The van der Waals surface area contributed by atoms with Gasteiger partial charge in [0.05, 0.1) is 5.56 Å². The van der Waals surface area contributed by atoms with Gasteiger partial charge in [-0.05, 0) is 49.1 Å². The van der Waals surface area contributed by atoms with E-state index in [2.05, 4.69) is 0 Å². The van der Waals surface area contributed by atoms with Gasteiger partial charge in [-0.1, -0.05) is 37.1 Å². The maximum absolute atomic E-state index is 13.0. The normalized spacial score (nSPS) is 14.7. The molecule has 1 N–H and O–H groups in total. The van der Waals surface area contributed by atoms with Crippen LogP contribution in [0.4, 0.5) is 4.39 Å². The molecule has 2 aromatic rings. The Kier molecular flexibility index (Phi) is 5.14. The first-order chi connectivity index (χ1) is 11.6. The monoisotopic (exact) mass is 327 g/mol. The molecule has 24 heavy (non-hydrogen) atoms. The Hall–Kier alpha value is -2.36. The van der Waals surface area contributed by atoms with E-state index in [4.69, 9.17) is 0 Å². The minimum absolute atomic E-state index is 0.0206. The summed E-state index contributed by atoms with van der Waals surface area (Å²) in [6, 6.07) is 13.3. The van der Waals surface area contributed by atoms with Crippen molar-refractivity contribution in [3.8, 4) is 5.75 Å². The summed E-state index contributed by atoms with van der Waals surface area (Å²) >= 11 is 0. The first-order valence-electron chi connectivity index (χ1n) is 8.48.